The van der Waals surface area contributed by atoms with Crippen LogP contribution >= 0.6 is 0 Å². The van der Waals surface area contributed by atoms with Gasteiger partial charge in [0.1, 0.15) is 30.0 Å². The molecule has 1 fully saturated rings. The van der Waals surface area contributed by atoms with Crippen LogP contribution < -0.4 is 0 Å². The molecule has 0 aromatic heterocycles. The monoisotopic (exact) mass is 416 g/mol. The first-order valence-electron chi connectivity index (χ1n) is 9.20. The first-order valence-corrected chi connectivity index (χ1v) is 9.20. The number of allylic oxidation sites excluding steroid dienone is 1. The fourth-order valence-corrected chi connectivity index (χ4v) is 3.51. The third-order valence-electron chi connectivity index (χ3n) is 5.40. The third kappa shape index (κ3) is 4.58. The predicted octanol–water partition coefficient (Wildman–Crippen LogP) is -1.51. The second-order valence-corrected chi connectivity index (χ2v) is 8.05. The van der Waals surface area contributed by atoms with Crippen molar-refractivity contribution < 1.29 is 49.7 Å². The molecule has 1 heterocycles. The molecule has 0 aromatic rings. The molecule has 1 aliphatic carbocycles. The molecule has 1 saturated heterocycles. The molecular weight excluding hydrogens is 388 g/mol. The molecule has 0 radical (unpaired) electrons. The van der Waals surface area contributed by atoms with Crippen LogP contribution in [0.25, 0.3) is 0 Å². The second kappa shape index (κ2) is 8.60. The van der Waals surface area contributed by atoms with E-state index in [0.717, 1.165) is 6.08 Å². The summed E-state index contributed by atoms with van der Waals surface area (Å²) in [4.78, 5) is 23.4. The van der Waals surface area contributed by atoms with Gasteiger partial charge < -0.3 is 40.1 Å². The van der Waals surface area contributed by atoms with Gasteiger partial charge in [-0.1, -0.05) is 19.9 Å². The number of aliphatic carboxylic acids is 1. The molecule has 0 bridgehead atoms. The standard InChI is InChI=1S/C19H28O10/c1-9(28-17-15(24)14(23)13(22)12(8-20)29-17)4-5-19(27)11(16(25)26)6-10(21)7-18(19,2)3/h4-6,9,12-15,17,20,22-24,27H,7-8H2,1-3H3,(H,25,26)/b5-4+/t9-,12+,13+,14-,15+,17+,19+/m0/s1. The Kier molecular flexibility index (Phi) is 7.01. The summed E-state index contributed by atoms with van der Waals surface area (Å²) in [6.07, 6.45) is -4.66. The van der Waals surface area contributed by atoms with Crippen LogP contribution in [-0.4, -0.2) is 91.4 Å². The summed E-state index contributed by atoms with van der Waals surface area (Å²) in [5.41, 5.74) is -3.53. The van der Waals surface area contributed by atoms with E-state index < -0.39 is 71.8 Å². The highest BCUT2D eigenvalue weighted by Crippen LogP contribution is 2.44. The van der Waals surface area contributed by atoms with Crippen LogP contribution in [0.15, 0.2) is 23.8 Å². The Morgan fingerprint density at radius 2 is 1.93 bits per heavy atom. The molecule has 10 heteroatoms. The summed E-state index contributed by atoms with van der Waals surface area (Å²) in [6.45, 7) is 4.04. The number of hydrogen-bond acceptors (Lipinski definition) is 9. The Labute approximate surface area is 167 Å². The Bertz CT molecular complexity index is 697. The molecule has 2 rings (SSSR count). The van der Waals surface area contributed by atoms with E-state index in [1.807, 2.05) is 0 Å². The van der Waals surface area contributed by atoms with E-state index in [9.17, 15) is 40.2 Å². The Hall–Kier alpha value is -1.66. The van der Waals surface area contributed by atoms with Gasteiger partial charge in [-0.05, 0) is 19.1 Å². The molecule has 1 aliphatic heterocycles. The average molecular weight is 416 g/mol. The van der Waals surface area contributed by atoms with E-state index in [1.165, 1.54) is 19.1 Å². The SMILES string of the molecule is C[C@@H](/C=C/[C@@]1(O)C(C(=O)O)=CC(=O)CC1(C)C)O[C@@H]1O[C@H](CO)[C@@H](O)[C@H](O)[C@H]1O. The minimum atomic E-state index is -1.96. The zero-order valence-corrected chi connectivity index (χ0v) is 16.4. The van der Waals surface area contributed by atoms with Crippen LogP contribution in [0.2, 0.25) is 0 Å². The van der Waals surface area contributed by atoms with Crippen molar-refractivity contribution >= 4 is 11.8 Å². The van der Waals surface area contributed by atoms with Gasteiger partial charge in [0.25, 0.3) is 0 Å². The van der Waals surface area contributed by atoms with E-state index in [2.05, 4.69) is 0 Å². The van der Waals surface area contributed by atoms with E-state index in [-0.39, 0.29) is 6.42 Å². The number of carbonyl (C=O) groups excluding carboxylic acids is 1. The van der Waals surface area contributed by atoms with Gasteiger partial charge in [-0.2, -0.15) is 0 Å². The fourth-order valence-electron chi connectivity index (χ4n) is 3.51. The quantitative estimate of drug-likeness (QED) is 0.279. The van der Waals surface area contributed by atoms with Crippen LogP contribution in [0.1, 0.15) is 27.2 Å². The van der Waals surface area contributed by atoms with Gasteiger partial charge in [0, 0.05) is 11.8 Å². The molecule has 0 unspecified atom stereocenters. The van der Waals surface area contributed by atoms with Crippen molar-refractivity contribution in [2.75, 3.05) is 6.61 Å². The van der Waals surface area contributed by atoms with Gasteiger partial charge in [0.05, 0.1) is 18.3 Å². The van der Waals surface area contributed by atoms with Gasteiger partial charge in [0.2, 0.25) is 0 Å². The lowest BCUT2D eigenvalue weighted by Crippen LogP contribution is -2.59. The summed E-state index contributed by atoms with van der Waals surface area (Å²) in [7, 11) is 0. The van der Waals surface area contributed by atoms with E-state index in [1.54, 1.807) is 13.8 Å². The van der Waals surface area contributed by atoms with E-state index in [4.69, 9.17) is 9.47 Å². The van der Waals surface area contributed by atoms with Crippen molar-refractivity contribution in [3.63, 3.8) is 0 Å². The smallest absolute Gasteiger partial charge is 0.335 e. The summed E-state index contributed by atoms with van der Waals surface area (Å²) in [6, 6.07) is 0. The van der Waals surface area contributed by atoms with Crippen LogP contribution in [0.4, 0.5) is 0 Å². The van der Waals surface area contributed by atoms with Crippen molar-refractivity contribution in [2.24, 2.45) is 5.41 Å². The summed E-state index contributed by atoms with van der Waals surface area (Å²) >= 11 is 0. The summed E-state index contributed by atoms with van der Waals surface area (Å²) < 4.78 is 10.7. The van der Waals surface area contributed by atoms with Gasteiger partial charge in [-0.3, -0.25) is 4.79 Å². The average Bonchev–Trinajstić information content (AvgIpc) is 2.63. The Morgan fingerprint density at radius 1 is 1.31 bits per heavy atom. The van der Waals surface area contributed by atoms with E-state index >= 15 is 0 Å². The van der Waals surface area contributed by atoms with Crippen molar-refractivity contribution in [3.8, 4) is 0 Å². The van der Waals surface area contributed by atoms with Crippen molar-refractivity contribution in [3.05, 3.63) is 23.8 Å². The number of aliphatic hydroxyl groups excluding tert-OH is 4. The minimum Gasteiger partial charge on any atom is -0.478 e. The van der Waals surface area contributed by atoms with Crippen LogP contribution in [-0.2, 0) is 19.1 Å². The van der Waals surface area contributed by atoms with Crippen molar-refractivity contribution in [1.82, 2.24) is 0 Å². The van der Waals surface area contributed by atoms with Crippen LogP contribution in [0, 0.1) is 5.41 Å². The minimum absolute atomic E-state index is 0.0629. The number of ether oxygens (including phenoxy) is 2. The predicted molar refractivity (Wildman–Crippen MR) is 97.5 cm³/mol. The van der Waals surface area contributed by atoms with Crippen LogP contribution in [0.3, 0.4) is 0 Å². The van der Waals surface area contributed by atoms with Crippen LogP contribution in [0.5, 0.6) is 0 Å². The molecule has 0 aromatic carbocycles. The highest BCUT2D eigenvalue weighted by molar-refractivity contribution is 6.02. The molecule has 2 aliphatic rings. The molecule has 164 valence electrons. The van der Waals surface area contributed by atoms with Crippen molar-refractivity contribution in [1.29, 1.82) is 0 Å². The van der Waals surface area contributed by atoms with Crippen molar-refractivity contribution in [2.45, 2.75) is 69.6 Å². The number of aliphatic hydroxyl groups is 5. The zero-order valence-electron chi connectivity index (χ0n) is 16.4. The van der Waals surface area contributed by atoms with Gasteiger partial charge in [0.15, 0.2) is 12.1 Å². The lowest BCUT2D eigenvalue weighted by Gasteiger charge is -2.43. The number of rotatable bonds is 6. The first kappa shape index (κ1) is 23.6. The summed E-state index contributed by atoms with van der Waals surface area (Å²) in [5, 5.41) is 59.3. The number of carboxylic acids is 1. The maximum atomic E-state index is 11.8. The third-order valence-corrected chi connectivity index (χ3v) is 5.40. The molecule has 6 N–H and O–H groups in total. The molecule has 10 nitrogen and oxygen atoms in total. The van der Waals surface area contributed by atoms with Gasteiger partial charge in [-0.15, -0.1) is 0 Å². The molecule has 29 heavy (non-hydrogen) atoms. The maximum Gasteiger partial charge on any atom is 0.335 e. The highest BCUT2D eigenvalue weighted by atomic mass is 16.7. The van der Waals surface area contributed by atoms with Gasteiger partial charge >= 0.3 is 5.97 Å². The molecule has 0 saturated carbocycles. The first-order chi connectivity index (χ1) is 13.3. The summed E-state index contributed by atoms with van der Waals surface area (Å²) in [5.74, 6) is -1.84. The largest absolute Gasteiger partial charge is 0.478 e. The lowest BCUT2D eigenvalue weighted by atomic mass is 9.64. The number of carbonyl (C=O) groups is 2. The molecule has 7 atom stereocenters. The zero-order chi connectivity index (χ0) is 22.1. The molecule has 0 amide bonds. The Morgan fingerprint density at radius 3 is 2.48 bits per heavy atom. The second-order valence-electron chi connectivity index (χ2n) is 8.05. The Balaban J connectivity index is 2.20. The van der Waals surface area contributed by atoms with Gasteiger partial charge in [-0.25, -0.2) is 4.79 Å². The maximum absolute atomic E-state index is 11.8. The molecule has 0 spiro atoms. The highest BCUT2D eigenvalue weighted by Gasteiger charge is 2.51. The fraction of sp³-hybridized carbons (Fsp3) is 0.684. The number of ketones is 1. The number of carboxylic acid groups (broad SMARTS) is 1. The topological polar surface area (TPSA) is 174 Å². The lowest BCUT2D eigenvalue weighted by molar-refractivity contribution is -0.306. The number of hydrogen-bond donors (Lipinski definition) is 6. The molecular formula is C19H28O10. The normalized spacial score (nSPS) is 38.7. The van der Waals surface area contributed by atoms with E-state index in [0.29, 0.717) is 0 Å².